The van der Waals surface area contributed by atoms with Crippen molar-refractivity contribution in [3.8, 4) is 11.1 Å². The minimum Gasteiger partial charge on any atom is -0.347 e. The molecule has 3 aromatic rings. The van der Waals surface area contributed by atoms with Crippen LogP contribution < -0.4 is 5.56 Å². The maximum absolute atomic E-state index is 13.4. The molecular weight excluding hydrogens is 359 g/mol. The van der Waals surface area contributed by atoms with Gasteiger partial charge in [-0.25, -0.2) is 9.37 Å². The molecule has 6 heteroatoms. The highest BCUT2D eigenvalue weighted by molar-refractivity contribution is 5.84. The number of benzene rings is 2. The van der Waals surface area contributed by atoms with E-state index in [2.05, 4.69) is 0 Å². The summed E-state index contributed by atoms with van der Waals surface area (Å²) in [5.74, 6) is -0.0710. The van der Waals surface area contributed by atoms with E-state index >= 15 is 0 Å². The van der Waals surface area contributed by atoms with Crippen LogP contribution in [0.15, 0.2) is 41.2 Å². The molecule has 0 atom stereocenters. The van der Waals surface area contributed by atoms with Crippen LogP contribution in [0.4, 0.5) is 4.39 Å². The first kappa shape index (κ1) is 17.5. The lowest BCUT2D eigenvalue weighted by atomic mass is 9.99. The van der Waals surface area contributed by atoms with Gasteiger partial charge in [0.25, 0.3) is 5.56 Å². The Morgan fingerprint density at radius 2 is 1.93 bits per heavy atom. The van der Waals surface area contributed by atoms with E-state index < -0.39 is 5.79 Å². The van der Waals surface area contributed by atoms with Crippen molar-refractivity contribution in [2.45, 2.75) is 38.5 Å². The smallest absolute Gasteiger partial charge is 0.261 e. The Hall–Kier alpha value is -2.57. The first-order valence-electron chi connectivity index (χ1n) is 9.63. The van der Waals surface area contributed by atoms with Gasteiger partial charge in [-0.1, -0.05) is 12.1 Å². The molecule has 0 bridgehead atoms. The maximum atomic E-state index is 13.4. The average molecular weight is 380 g/mol. The van der Waals surface area contributed by atoms with Gasteiger partial charge in [-0.2, -0.15) is 0 Å². The summed E-state index contributed by atoms with van der Waals surface area (Å²) in [4.78, 5) is 17.9. The van der Waals surface area contributed by atoms with Crippen molar-refractivity contribution in [3.63, 3.8) is 0 Å². The zero-order chi connectivity index (χ0) is 19.3. The zero-order valence-corrected chi connectivity index (χ0v) is 15.7. The van der Waals surface area contributed by atoms with Crippen LogP contribution in [0, 0.1) is 12.7 Å². The average Bonchev–Trinajstić information content (AvgIpc) is 3.06. The summed E-state index contributed by atoms with van der Waals surface area (Å²) < 4.78 is 26.9. The number of hydrogen-bond donors (Lipinski definition) is 0. The van der Waals surface area contributed by atoms with E-state index in [9.17, 15) is 9.18 Å². The lowest BCUT2D eigenvalue weighted by molar-refractivity contribution is -0.165. The molecule has 0 N–H and O–H groups in total. The predicted molar refractivity (Wildman–Crippen MR) is 104 cm³/mol. The summed E-state index contributed by atoms with van der Waals surface area (Å²) in [7, 11) is 0. The van der Waals surface area contributed by atoms with E-state index in [1.807, 2.05) is 25.1 Å². The van der Waals surface area contributed by atoms with Crippen molar-refractivity contribution in [3.05, 3.63) is 64.0 Å². The van der Waals surface area contributed by atoms with Crippen molar-refractivity contribution < 1.29 is 13.9 Å². The van der Waals surface area contributed by atoms with Crippen LogP contribution in [0.1, 0.15) is 24.2 Å². The molecule has 0 radical (unpaired) electrons. The second kappa shape index (κ2) is 6.50. The second-order valence-electron chi connectivity index (χ2n) is 7.53. The third-order valence-corrected chi connectivity index (χ3v) is 5.79. The molecule has 1 aromatic heterocycles. The highest BCUT2D eigenvalue weighted by Crippen LogP contribution is 2.32. The molecule has 2 aromatic carbocycles. The quantitative estimate of drug-likeness (QED) is 0.647. The highest BCUT2D eigenvalue weighted by Gasteiger charge is 2.38. The Morgan fingerprint density at radius 1 is 1.11 bits per heavy atom. The van der Waals surface area contributed by atoms with E-state index in [1.54, 1.807) is 10.6 Å². The standard InChI is InChI=1S/C22H21FN2O3/c1-14-12-16(23)3-5-17(14)15-2-4-18-19(13-15)24-20-6-7-22(27-10-11-28-22)8-9-25(20)21(18)26/h2-5,12-13H,6-11H2,1H3. The summed E-state index contributed by atoms with van der Waals surface area (Å²) in [5.41, 5.74) is 3.35. The van der Waals surface area contributed by atoms with E-state index in [0.717, 1.165) is 22.5 Å². The minimum absolute atomic E-state index is 0.0302. The second-order valence-corrected chi connectivity index (χ2v) is 7.53. The van der Waals surface area contributed by atoms with Crippen LogP contribution in [-0.4, -0.2) is 28.6 Å². The Bertz CT molecular complexity index is 1130. The highest BCUT2D eigenvalue weighted by atomic mass is 19.1. The fourth-order valence-electron chi connectivity index (χ4n) is 4.30. The third kappa shape index (κ3) is 2.84. The first-order valence-corrected chi connectivity index (χ1v) is 9.63. The Labute approximate surface area is 161 Å². The van der Waals surface area contributed by atoms with Crippen molar-refractivity contribution in [2.24, 2.45) is 0 Å². The Kier molecular flexibility index (Phi) is 4.07. The predicted octanol–water partition coefficient (Wildman–Crippen LogP) is 3.59. The van der Waals surface area contributed by atoms with E-state index in [1.165, 1.54) is 12.1 Å². The van der Waals surface area contributed by atoms with Crippen LogP contribution in [-0.2, 0) is 22.4 Å². The fourth-order valence-corrected chi connectivity index (χ4v) is 4.30. The van der Waals surface area contributed by atoms with Gasteiger partial charge in [0.1, 0.15) is 11.6 Å². The van der Waals surface area contributed by atoms with Crippen molar-refractivity contribution >= 4 is 10.9 Å². The zero-order valence-electron chi connectivity index (χ0n) is 15.7. The summed E-state index contributed by atoms with van der Waals surface area (Å²) in [6.45, 7) is 3.61. The fraction of sp³-hybridized carbons (Fsp3) is 0.364. The van der Waals surface area contributed by atoms with Crippen molar-refractivity contribution in [1.82, 2.24) is 9.55 Å². The third-order valence-electron chi connectivity index (χ3n) is 5.79. The molecule has 1 spiro atoms. The lowest BCUT2D eigenvalue weighted by Gasteiger charge is -2.24. The van der Waals surface area contributed by atoms with Crippen LogP contribution in [0.25, 0.3) is 22.0 Å². The van der Waals surface area contributed by atoms with Gasteiger partial charge < -0.3 is 9.47 Å². The topological polar surface area (TPSA) is 53.4 Å². The molecule has 0 unspecified atom stereocenters. The van der Waals surface area contributed by atoms with Crippen LogP contribution in [0.3, 0.4) is 0 Å². The molecule has 0 saturated carbocycles. The Balaban J connectivity index is 1.59. The van der Waals surface area contributed by atoms with Crippen molar-refractivity contribution in [2.75, 3.05) is 13.2 Å². The molecule has 1 saturated heterocycles. The number of halogens is 1. The number of aryl methyl sites for hydroxylation is 2. The number of hydrogen-bond acceptors (Lipinski definition) is 4. The van der Waals surface area contributed by atoms with Crippen LogP contribution >= 0.6 is 0 Å². The Morgan fingerprint density at radius 3 is 2.71 bits per heavy atom. The summed E-state index contributed by atoms with van der Waals surface area (Å²) in [5, 5.41) is 0.594. The normalized spacial score (nSPS) is 18.4. The monoisotopic (exact) mass is 380 g/mol. The molecule has 3 heterocycles. The van der Waals surface area contributed by atoms with E-state index in [-0.39, 0.29) is 11.4 Å². The van der Waals surface area contributed by atoms with Gasteiger partial charge in [0.05, 0.1) is 24.1 Å². The molecule has 144 valence electrons. The molecule has 5 nitrogen and oxygen atoms in total. The SMILES string of the molecule is Cc1cc(F)ccc1-c1ccc2c(=O)n3c(nc2c1)CCC1(CC3)OCCO1. The van der Waals surface area contributed by atoms with Gasteiger partial charge in [0, 0.05) is 25.8 Å². The van der Waals surface area contributed by atoms with Gasteiger partial charge in [0.15, 0.2) is 5.79 Å². The molecule has 0 aliphatic carbocycles. The van der Waals surface area contributed by atoms with Gasteiger partial charge in [-0.05, 0) is 47.9 Å². The van der Waals surface area contributed by atoms with Gasteiger partial charge in [-0.3, -0.25) is 9.36 Å². The molecular formula is C22H21FN2O3. The van der Waals surface area contributed by atoms with Crippen molar-refractivity contribution in [1.29, 1.82) is 0 Å². The van der Waals surface area contributed by atoms with Gasteiger partial charge >= 0.3 is 0 Å². The number of nitrogens with zero attached hydrogens (tertiary/aromatic N) is 2. The molecule has 0 amide bonds. The molecule has 2 aliphatic rings. The number of aromatic nitrogens is 2. The molecule has 1 fully saturated rings. The molecule has 28 heavy (non-hydrogen) atoms. The van der Waals surface area contributed by atoms with E-state index in [0.29, 0.717) is 49.9 Å². The molecule has 2 aliphatic heterocycles. The number of fused-ring (bicyclic) bond motifs is 2. The summed E-state index contributed by atoms with van der Waals surface area (Å²) in [6, 6.07) is 10.4. The van der Waals surface area contributed by atoms with Gasteiger partial charge in [-0.15, -0.1) is 0 Å². The summed E-state index contributed by atoms with van der Waals surface area (Å²) >= 11 is 0. The number of rotatable bonds is 1. The summed E-state index contributed by atoms with van der Waals surface area (Å²) in [6.07, 6.45) is 1.98. The van der Waals surface area contributed by atoms with Crippen LogP contribution in [0.2, 0.25) is 0 Å². The largest absolute Gasteiger partial charge is 0.347 e. The molecule has 5 rings (SSSR count). The van der Waals surface area contributed by atoms with Gasteiger partial charge in [0.2, 0.25) is 0 Å². The maximum Gasteiger partial charge on any atom is 0.261 e. The van der Waals surface area contributed by atoms with E-state index in [4.69, 9.17) is 14.5 Å². The first-order chi connectivity index (χ1) is 13.5. The lowest BCUT2D eigenvalue weighted by Crippen LogP contribution is -2.31. The van der Waals surface area contributed by atoms with Crippen LogP contribution in [0.5, 0.6) is 0 Å². The number of ether oxygens (including phenoxy) is 2. The minimum atomic E-state index is -0.581.